The molecule has 3 amide bonds. The van der Waals surface area contributed by atoms with Crippen LogP contribution in [0.5, 0.6) is 0 Å². The van der Waals surface area contributed by atoms with Gasteiger partial charge in [0, 0.05) is 23.8 Å². The van der Waals surface area contributed by atoms with Crippen molar-refractivity contribution in [1.82, 2.24) is 10.6 Å². The molecule has 0 bridgehead atoms. The van der Waals surface area contributed by atoms with Crippen LogP contribution >= 0.6 is 11.6 Å². The van der Waals surface area contributed by atoms with Crippen LogP contribution in [0.15, 0.2) is 18.2 Å². The van der Waals surface area contributed by atoms with Gasteiger partial charge in [0.15, 0.2) is 0 Å². The van der Waals surface area contributed by atoms with Gasteiger partial charge in [-0.1, -0.05) is 11.6 Å². The van der Waals surface area contributed by atoms with E-state index in [2.05, 4.69) is 16.0 Å². The minimum Gasteiger partial charge on any atom is -0.348 e. The molecule has 0 aliphatic heterocycles. The lowest BCUT2D eigenvalue weighted by molar-refractivity contribution is 0.0941. The first-order valence-electron chi connectivity index (χ1n) is 7.02. The van der Waals surface area contributed by atoms with Gasteiger partial charge in [-0.3, -0.25) is 4.79 Å². The Bertz CT molecular complexity index is 555. The number of nitrogens with two attached hydrogens (primary N) is 1. The summed E-state index contributed by atoms with van der Waals surface area (Å²) in [7, 11) is 0. The SMILES string of the molecule is C[C@@H](CN)NC(=O)c1cc(NC(=O)NC(C)(C)C)ccc1Cl. The number of benzene rings is 1. The molecule has 0 saturated heterocycles. The van der Waals surface area contributed by atoms with Crippen LogP contribution in [0, 0.1) is 0 Å². The monoisotopic (exact) mass is 326 g/mol. The van der Waals surface area contributed by atoms with Gasteiger partial charge in [-0.15, -0.1) is 0 Å². The van der Waals surface area contributed by atoms with Gasteiger partial charge >= 0.3 is 6.03 Å². The fourth-order valence-corrected chi connectivity index (χ4v) is 1.84. The standard InChI is InChI=1S/C15H23ClN4O2/c1-9(8-17)18-13(21)11-7-10(5-6-12(11)16)19-14(22)20-15(2,3)4/h5-7,9H,8,17H2,1-4H3,(H,18,21)(H2,19,20,22)/t9-/m0/s1. The van der Waals surface area contributed by atoms with Crippen molar-refractivity contribution in [3.8, 4) is 0 Å². The van der Waals surface area contributed by atoms with E-state index in [0.717, 1.165) is 0 Å². The van der Waals surface area contributed by atoms with Gasteiger partial charge in [-0.25, -0.2) is 4.79 Å². The van der Waals surface area contributed by atoms with Crippen LogP contribution in [-0.4, -0.2) is 30.1 Å². The van der Waals surface area contributed by atoms with Crippen molar-refractivity contribution in [1.29, 1.82) is 0 Å². The molecule has 1 rings (SSSR count). The molecule has 5 N–H and O–H groups in total. The van der Waals surface area contributed by atoms with Crippen molar-refractivity contribution >= 4 is 29.2 Å². The summed E-state index contributed by atoms with van der Waals surface area (Å²) < 4.78 is 0. The Kier molecular flexibility index (Phi) is 6.20. The molecule has 0 heterocycles. The fourth-order valence-electron chi connectivity index (χ4n) is 1.64. The Hall–Kier alpha value is -1.79. The van der Waals surface area contributed by atoms with Gasteiger partial charge in [-0.2, -0.15) is 0 Å². The number of amides is 3. The summed E-state index contributed by atoms with van der Waals surface area (Å²) >= 11 is 6.04. The van der Waals surface area contributed by atoms with Gasteiger partial charge in [0.25, 0.3) is 5.91 Å². The van der Waals surface area contributed by atoms with Crippen molar-refractivity contribution in [2.24, 2.45) is 5.73 Å². The maximum Gasteiger partial charge on any atom is 0.319 e. The normalized spacial score (nSPS) is 12.5. The zero-order valence-electron chi connectivity index (χ0n) is 13.3. The Morgan fingerprint density at radius 2 is 1.95 bits per heavy atom. The van der Waals surface area contributed by atoms with Crippen molar-refractivity contribution in [3.63, 3.8) is 0 Å². The molecule has 0 aliphatic rings. The van der Waals surface area contributed by atoms with Crippen LogP contribution in [0.3, 0.4) is 0 Å². The molecule has 122 valence electrons. The number of carbonyl (C=O) groups excluding carboxylic acids is 2. The van der Waals surface area contributed by atoms with Gasteiger partial charge in [0.05, 0.1) is 10.6 Å². The molecule has 6 nitrogen and oxygen atoms in total. The second-order valence-corrected chi connectivity index (χ2v) is 6.54. The van der Waals surface area contributed by atoms with Gasteiger partial charge in [0.1, 0.15) is 0 Å². The fraction of sp³-hybridized carbons (Fsp3) is 0.467. The summed E-state index contributed by atoms with van der Waals surface area (Å²) in [6, 6.07) is 4.22. The molecular weight excluding hydrogens is 304 g/mol. The summed E-state index contributed by atoms with van der Waals surface area (Å²) in [6.07, 6.45) is 0. The summed E-state index contributed by atoms with van der Waals surface area (Å²) in [5.41, 5.74) is 5.89. The predicted octanol–water partition coefficient (Wildman–Crippen LogP) is 2.34. The highest BCUT2D eigenvalue weighted by molar-refractivity contribution is 6.34. The maximum atomic E-state index is 12.1. The number of carbonyl (C=O) groups is 2. The highest BCUT2D eigenvalue weighted by Gasteiger charge is 2.16. The van der Waals surface area contributed by atoms with Crippen LogP contribution in [-0.2, 0) is 0 Å². The predicted molar refractivity (Wildman–Crippen MR) is 89.3 cm³/mol. The zero-order chi connectivity index (χ0) is 16.9. The van der Waals surface area contributed by atoms with Gasteiger partial charge in [0.2, 0.25) is 0 Å². The van der Waals surface area contributed by atoms with Crippen LogP contribution < -0.4 is 21.7 Å². The van der Waals surface area contributed by atoms with Crippen molar-refractivity contribution in [2.75, 3.05) is 11.9 Å². The molecule has 0 aliphatic carbocycles. The highest BCUT2D eigenvalue weighted by atomic mass is 35.5. The highest BCUT2D eigenvalue weighted by Crippen LogP contribution is 2.21. The third kappa shape index (κ3) is 5.91. The third-order valence-corrected chi connectivity index (χ3v) is 3.02. The zero-order valence-corrected chi connectivity index (χ0v) is 14.0. The molecule has 7 heteroatoms. The summed E-state index contributed by atoms with van der Waals surface area (Å²) in [6.45, 7) is 7.75. The minimum atomic E-state index is -0.354. The second-order valence-electron chi connectivity index (χ2n) is 6.13. The Morgan fingerprint density at radius 1 is 1.32 bits per heavy atom. The van der Waals surface area contributed by atoms with Crippen molar-refractivity contribution < 1.29 is 9.59 Å². The van der Waals surface area contributed by atoms with E-state index in [0.29, 0.717) is 17.3 Å². The number of nitrogens with one attached hydrogen (secondary N) is 3. The third-order valence-electron chi connectivity index (χ3n) is 2.69. The lowest BCUT2D eigenvalue weighted by Gasteiger charge is -2.21. The smallest absolute Gasteiger partial charge is 0.319 e. The van der Waals surface area contributed by atoms with E-state index in [-0.39, 0.29) is 29.1 Å². The van der Waals surface area contributed by atoms with Crippen LogP contribution in [0.4, 0.5) is 10.5 Å². The van der Waals surface area contributed by atoms with E-state index in [9.17, 15) is 9.59 Å². The lowest BCUT2D eigenvalue weighted by Crippen LogP contribution is -2.43. The lowest BCUT2D eigenvalue weighted by atomic mass is 10.1. The second kappa shape index (κ2) is 7.47. The van der Waals surface area contributed by atoms with Gasteiger partial charge in [-0.05, 0) is 45.9 Å². The molecule has 0 saturated carbocycles. The molecule has 1 aromatic carbocycles. The largest absolute Gasteiger partial charge is 0.348 e. The Balaban J connectivity index is 2.86. The summed E-state index contributed by atoms with van der Waals surface area (Å²) in [5, 5.41) is 8.48. The molecule has 22 heavy (non-hydrogen) atoms. The van der Waals surface area contributed by atoms with E-state index in [1.807, 2.05) is 20.8 Å². The first-order chi connectivity index (χ1) is 10.1. The summed E-state index contributed by atoms with van der Waals surface area (Å²) in [4.78, 5) is 24.0. The van der Waals surface area contributed by atoms with Crippen LogP contribution in [0.25, 0.3) is 0 Å². The molecule has 1 aromatic rings. The maximum absolute atomic E-state index is 12.1. The molecule has 0 fully saturated rings. The number of rotatable bonds is 4. The number of anilines is 1. The van der Waals surface area contributed by atoms with Crippen LogP contribution in [0.1, 0.15) is 38.1 Å². The van der Waals surface area contributed by atoms with Crippen molar-refractivity contribution in [3.05, 3.63) is 28.8 Å². The van der Waals surface area contributed by atoms with E-state index in [4.69, 9.17) is 17.3 Å². The van der Waals surface area contributed by atoms with Gasteiger partial charge < -0.3 is 21.7 Å². The quantitative estimate of drug-likeness (QED) is 0.683. The first kappa shape index (κ1) is 18.3. The molecule has 0 unspecified atom stereocenters. The number of urea groups is 1. The average Bonchev–Trinajstić information content (AvgIpc) is 2.38. The first-order valence-corrected chi connectivity index (χ1v) is 7.40. The number of halogens is 1. The van der Waals surface area contributed by atoms with E-state index in [1.54, 1.807) is 19.1 Å². The molecule has 0 radical (unpaired) electrons. The number of hydrogen-bond acceptors (Lipinski definition) is 3. The minimum absolute atomic E-state index is 0.163. The summed E-state index contributed by atoms with van der Waals surface area (Å²) in [5.74, 6) is -0.331. The van der Waals surface area contributed by atoms with E-state index >= 15 is 0 Å². The average molecular weight is 327 g/mol. The van der Waals surface area contributed by atoms with E-state index < -0.39 is 0 Å². The molecular formula is C15H23ClN4O2. The number of hydrogen-bond donors (Lipinski definition) is 4. The van der Waals surface area contributed by atoms with E-state index in [1.165, 1.54) is 6.07 Å². The Labute approximate surface area is 135 Å². The van der Waals surface area contributed by atoms with Crippen LogP contribution in [0.2, 0.25) is 5.02 Å². The Morgan fingerprint density at radius 3 is 2.50 bits per heavy atom. The molecule has 1 atom stereocenters. The molecule has 0 aromatic heterocycles. The topological polar surface area (TPSA) is 96.2 Å². The molecule has 0 spiro atoms. The van der Waals surface area contributed by atoms with Crippen molar-refractivity contribution in [2.45, 2.75) is 39.3 Å².